The van der Waals surface area contributed by atoms with Crippen LogP contribution in [-0.2, 0) is 47.9 Å². The van der Waals surface area contributed by atoms with Crippen molar-refractivity contribution < 1.29 is 34.4 Å². The van der Waals surface area contributed by atoms with E-state index in [-0.39, 0.29) is 47.9 Å². The van der Waals surface area contributed by atoms with E-state index < -0.39 is 0 Å². The second-order valence-electron chi connectivity index (χ2n) is 0.0680. The van der Waals surface area contributed by atoms with Crippen LogP contribution in [-0.4, -0.2) is 0 Å². The van der Waals surface area contributed by atoms with Crippen molar-refractivity contribution in [2.75, 3.05) is 0 Å². The van der Waals surface area contributed by atoms with Crippen molar-refractivity contribution in [3.8, 4) is 0 Å². The van der Waals surface area contributed by atoms with Crippen LogP contribution in [0, 0.1) is 0 Å². The summed E-state index contributed by atoms with van der Waals surface area (Å²) in [5.41, 5.74) is 0. The molecule has 0 saturated carbocycles. The Balaban J connectivity index is -0.0000000200. The van der Waals surface area contributed by atoms with Gasteiger partial charge in [0.1, 0.15) is 0 Å². The number of hydrogen-bond acceptors (Lipinski definition) is 2. The molecule has 5 heteroatoms. The first-order valence-corrected chi connectivity index (χ1v) is 5.92. The van der Waals surface area contributed by atoms with Gasteiger partial charge in [-0.25, -0.2) is 0 Å². The molecule has 0 aromatic rings. The van der Waals surface area contributed by atoms with Crippen molar-refractivity contribution in [3.05, 3.63) is 0 Å². The summed E-state index contributed by atoms with van der Waals surface area (Å²) in [5.74, 6) is 0. The normalized spacial score (nSPS) is 2.40. The van der Waals surface area contributed by atoms with Crippen molar-refractivity contribution >= 4 is 33.1 Å². The first-order valence-electron chi connectivity index (χ1n) is 0.333. The van der Waals surface area contributed by atoms with Gasteiger partial charge in [0.15, 0.2) is 0 Å². The Labute approximate surface area is 66.7 Å². The molecule has 0 fully saturated rings. The molecule has 0 N–H and O–H groups in total. The molecular formula is MoS3Zn. The van der Waals surface area contributed by atoms with Gasteiger partial charge in [0.05, 0.1) is 0 Å². The van der Waals surface area contributed by atoms with Gasteiger partial charge >= 0.3 is 54.0 Å². The molecule has 0 bridgehead atoms. The fourth-order valence-corrected chi connectivity index (χ4v) is 0. The zero-order valence-corrected chi connectivity index (χ0v) is 9.76. The molecule has 0 spiro atoms. The Kier molecular flexibility index (Phi) is 51.9. The molecule has 0 rings (SSSR count). The van der Waals surface area contributed by atoms with Gasteiger partial charge < -0.3 is 13.5 Å². The van der Waals surface area contributed by atoms with E-state index in [1.165, 1.54) is 0 Å². The molecule has 0 radical (unpaired) electrons. The van der Waals surface area contributed by atoms with Crippen LogP contribution < -0.4 is 0 Å². The summed E-state index contributed by atoms with van der Waals surface area (Å²) < 4.78 is 0. The number of hydrogen-bond donors (Lipinski definition) is 0. The molecule has 0 aromatic heterocycles. The summed E-state index contributed by atoms with van der Waals surface area (Å²) in [7, 11) is 8.68. The van der Waals surface area contributed by atoms with Crippen molar-refractivity contribution in [1.82, 2.24) is 0 Å². The van der Waals surface area contributed by atoms with Crippen molar-refractivity contribution in [1.29, 1.82) is 0 Å². The maximum absolute atomic E-state index is 4.34. The average Bonchev–Trinajstić information content (AvgIpc) is 0.918. The minimum Gasteiger partial charge on any atom is 2.00 e. The van der Waals surface area contributed by atoms with Gasteiger partial charge in [-0.15, -0.1) is 0 Å². The van der Waals surface area contributed by atoms with Crippen LogP contribution in [0.4, 0.5) is 0 Å². The molecule has 0 atom stereocenters. The van der Waals surface area contributed by atoms with Crippen LogP contribution in [0.2, 0.25) is 0 Å². The Bertz CT molecular complexity index is 27.9. The van der Waals surface area contributed by atoms with E-state index in [1.54, 1.807) is 0 Å². The Morgan fingerprint density at radius 1 is 1.20 bits per heavy atom. The molecular weight excluding hydrogens is 258 g/mol. The molecule has 0 heterocycles. The third kappa shape index (κ3) is 23.2. The fraction of sp³-hybridized carbons (Fsp3) is 0. The van der Waals surface area contributed by atoms with Crippen LogP contribution >= 0.6 is 19.6 Å². The van der Waals surface area contributed by atoms with E-state index in [0.717, 1.165) is 0 Å². The first kappa shape index (κ1) is 15.7. The van der Waals surface area contributed by atoms with Crippen molar-refractivity contribution in [2.45, 2.75) is 0 Å². The zero-order valence-electron chi connectivity index (χ0n) is 2.34. The van der Waals surface area contributed by atoms with Gasteiger partial charge in [0.25, 0.3) is 0 Å². The molecule has 0 saturated heterocycles. The smallest absolute Gasteiger partial charge is 2.00 e. The van der Waals surface area contributed by atoms with E-state index in [4.69, 9.17) is 0 Å². The van der Waals surface area contributed by atoms with Crippen LogP contribution in [0.3, 0.4) is 0 Å². The summed E-state index contributed by atoms with van der Waals surface area (Å²) in [6.07, 6.45) is 0. The topological polar surface area (TPSA) is 0 Å². The van der Waals surface area contributed by atoms with Gasteiger partial charge in [0.2, 0.25) is 0 Å². The maximum Gasteiger partial charge on any atom is 2.00 e. The van der Waals surface area contributed by atoms with E-state index in [2.05, 4.69) is 19.6 Å². The minimum absolute atomic E-state index is 0. The molecule has 0 unspecified atom stereocenters. The number of rotatable bonds is 0. The summed E-state index contributed by atoms with van der Waals surface area (Å²) in [6.45, 7) is 0. The third-order valence-electron chi connectivity index (χ3n) is 0. The predicted molar refractivity (Wildman–Crippen MR) is 22.5 cm³/mol. The van der Waals surface area contributed by atoms with Gasteiger partial charge in [0, 0.05) is 0 Å². The second-order valence-corrected chi connectivity index (χ2v) is 3.62. The Morgan fingerprint density at radius 2 is 1.20 bits per heavy atom. The van der Waals surface area contributed by atoms with Crippen LogP contribution in [0.15, 0.2) is 0 Å². The minimum atomic E-state index is -0.363. The molecule has 0 amide bonds. The van der Waals surface area contributed by atoms with Crippen LogP contribution in [0.25, 0.3) is 0 Å². The van der Waals surface area contributed by atoms with Gasteiger partial charge in [-0.1, -0.05) is 0 Å². The van der Waals surface area contributed by atoms with Crippen molar-refractivity contribution in [3.63, 3.8) is 0 Å². The van der Waals surface area contributed by atoms with E-state index >= 15 is 0 Å². The average molecular weight is 258 g/mol. The molecule has 0 aliphatic rings. The Hall–Kier alpha value is 2.10. The molecule has 0 aliphatic carbocycles. The van der Waals surface area contributed by atoms with E-state index in [1.807, 2.05) is 0 Å². The Morgan fingerprint density at radius 3 is 1.20 bits per heavy atom. The molecule has 5 heavy (non-hydrogen) atoms. The fourth-order valence-electron chi connectivity index (χ4n) is 0. The van der Waals surface area contributed by atoms with Crippen LogP contribution in [0.5, 0.6) is 0 Å². The van der Waals surface area contributed by atoms with Crippen LogP contribution in [0.1, 0.15) is 0 Å². The first-order chi connectivity index (χ1) is 1.41. The summed E-state index contributed by atoms with van der Waals surface area (Å²) in [4.78, 5) is 0. The SMILES string of the molecule is [S-2].[S]=[Mo]=[S].[Zn+2]. The second kappa shape index (κ2) is 16.5. The largest absolute Gasteiger partial charge is 2.00 e. The zero-order chi connectivity index (χ0) is 2.71. The third-order valence-corrected chi connectivity index (χ3v) is 0. The predicted octanol–water partition coefficient (Wildman–Crippen LogP) is 1.29. The van der Waals surface area contributed by atoms with Gasteiger partial charge in [-0.3, -0.25) is 0 Å². The molecule has 0 aliphatic heterocycles. The summed E-state index contributed by atoms with van der Waals surface area (Å²) >= 11 is -0.363. The molecule has 0 nitrogen and oxygen atoms in total. The summed E-state index contributed by atoms with van der Waals surface area (Å²) in [6, 6.07) is 0. The van der Waals surface area contributed by atoms with E-state index in [0.29, 0.717) is 0 Å². The van der Waals surface area contributed by atoms with E-state index in [9.17, 15) is 0 Å². The maximum atomic E-state index is 4.34. The van der Waals surface area contributed by atoms with Gasteiger partial charge in [-0.2, -0.15) is 0 Å². The molecule has 0 aromatic carbocycles. The standard InChI is InChI=1S/Mo.3S.Zn/q;;;-2;+2. The quantitative estimate of drug-likeness (QED) is 0.600. The summed E-state index contributed by atoms with van der Waals surface area (Å²) in [5, 5.41) is 0. The molecule has 26 valence electrons. The van der Waals surface area contributed by atoms with Crippen molar-refractivity contribution in [2.24, 2.45) is 0 Å². The monoisotopic (exact) mass is 258 g/mol. The van der Waals surface area contributed by atoms with Gasteiger partial charge in [-0.05, 0) is 0 Å².